The van der Waals surface area contributed by atoms with Gasteiger partial charge in [0.1, 0.15) is 24.6 Å². The highest BCUT2D eigenvalue weighted by atomic mass is 16.6. The Kier molecular flexibility index (Phi) is 5.31. The average molecular weight is 450 g/mol. The van der Waals surface area contributed by atoms with E-state index < -0.39 is 5.54 Å². The number of urea groups is 1. The molecule has 0 aromatic heterocycles. The summed E-state index contributed by atoms with van der Waals surface area (Å²) in [6.07, 6.45) is 1.76. The van der Waals surface area contributed by atoms with Crippen molar-refractivity contribution in [2.45, 2.75) is 44.7 Å². The van der Waals surface area contributed by atoms with Crippen LogP contribution in [0.4, 0.5) is 21.9 Å². The van der Waals surface area contributed by atoms with Gasteiger partial charge in [0, 0.05) is 18.3 Å². The molecule has 0 saturated carbocycles. The van der Waals surface area contributed by atoms with Gasteiger partial charge in [-0.1, -0.05) is 12.1 Å². The monoisotopic (exact) mass is 449 g/mol. The molecule has 0 bridgehead atoms. The lowest BCUT2D eigenvalue weighted by atomic mass is 9.85. The number of piperidine rings is 1. The van der Waals surface area contributed by atoms with Crippen LogP contribution >= 0.6 is 0 Å². The summed E-state index contributed by atoms with van der Waals surface area (Å²) in [6.45, 7) is 8.51. The van der Waals surface area contributed by atoms with Crippen LogP contribution in [0, 0.1) is 0 Å². The minimum absolute atomic E-state index is 0.137. The third-order valence-corrected chi connectivity index (χ3v) is 6.03. The molecular formula is C25H31N5O3. The first kappa shape index (κ1) is 21.4. The normalized spacial score (nSPS) is 22.9. The van der Waals surface area contributed by atoms with Crippen molar-refractivity contribution in [2.24, 2.45) is 4.99 Å². The SMILES string of the molecule is CC(C)(C)N=C1Nc2ccccc2N[C@]12CCCN(C(=O)Nc1ccc3c(c1)OCCO3)C2. The van der Waals surface area contributed by atoms with Crippen molar-refractivity contribution < 1.29 is 14.3 Å². The standard InChI is InChI=1S/C25H31N5O3/c1-24(2,3)29-22-25(28-19-8-5-4-7-18(19)27-22)11-6-12-30(16-25)23(31)26-17-9-10-20-21(15-17)33-14-13-32-20/h4-5,7-10,15,28H,6,11-14,16H2,1-3H3,(H,26,31)(H,27,29)/t25-/m0/s1. The molecule has 2 amide bonds. The number of hydrogen-bond acceptors (Lipinski definition) is 5. The van der Waals surface area contributed by atoms with Crippen LogP contribution in [0.5, 0.6) is 11.5 Å². The Labute approximate surface area is 194 Å². The number of fused-ring (bicyclic) bond motifs is 2. The Hall–Kier alpha value is -3.42. The Morgan fingerprint density at radius 1 is 1.09 bits per heavy atom. The van der Waals surface area contributed by atoms with Crippen LogP contribution in [0.2, 0.25) is 0 Å². The Balaban J connectivity index is 1.39. The van der Waals surface area contributed by atoms with E-state index in [1.54, 1.807) is 0 Å². The lowest BCUT2D eigenvalue weighted by Gasteiger charge is -2.47. The molecule has 1 atom stereocenters. The molecule has 8 nitrogen and oxygen atoms in total. The number of ether oxygens (including phenoxy) is 2. The van der Waals surface area contributed by atoms with Crippen molar-refractivity contribution in [2.75, 3.05) is 42.3 Å². The molecule has 8 heteroatoms. The number of anilines is 3. The van der Waals surface area contributed by atoms with E-state index in [9.17, 15) is 4.79 Å². The van der Waals surface area contributed by atoms with Gasteiger partial charge in [0.2, 0.25) is 0 Å². The molecule has 3 heterocycles. The van der Waals surface area contributed by atoms with Gasteiger partial charge in [-0.3, -0.25) is 4.99 Å². The summed E-state index contributed by atoms with van der Waals surface area (Å²) in [5.41, 5.74) is 2.00. The number of amides is 2. The highest BCUT2D eigenvalue weighted by Crippen LogP contribution is 2.37. The van der Waals surface area contributed by atoms with Crippen LogP contribution in [0.25, 0.3) is 0 Å². The molecule has 0 radical (unpaired) electrons. The molecule has 3 aliphatic heterocycles. The molecule has 0 aliphatic carbocycles. The van der Waals surface area contributed by atoms with Crippen molar-refractivity contribution in [3.05, 3.63) is 42.5 Å². The molecule has 3 aliphatic rings. The van der Waals surface area contributed by atoms with Crippen molar-refractivity contribution >= 4 is 28.9 Å². The Bertz CT molecular complexity index is 1090. The van der Waals surface area contributed by atoms with Gasteiger partial charge in [-0.25, -0.2) is 4.79 Å². The molecule has 0 unspecified atom stereocenters. The van der Waals surface area contributed by atoms with Crippen molar-refractivity contribution in [3.63, 3.8) is 0 Å². The number of amidine groups is 1. The van der Waals surface area contributed by atoms with Crippen LogP contribution in [0.15, 0.2) is 47.5 Å². The maximum Gasteiger partial charge on any atom is 0.321 e. The van der Waals surface area contributed by atoms with Gasteiger partial charge in [-0.2, -0.15) is 0 Å². The first-order valence-electron chi connectivity index (χ1n) is 11.5. The summed E-state index contributed by atoms with van der Waals surface area (Å²) >= 11 is 0. The molecule has 1 fully saturated rings. The first-order valence-corrected chi connectivity index (χ1v) is 11.5. The predicted molar refractivity (Wildman–Crippen MR) is 131 cm³/mol. The van der Waals surface area contributed by atoms with Crippen LogP contribution in [-0.4, -0.2) is 54.1 Å². The molecular weight excluding hydrogens is 418 g/mol. The second-order valence-corrected chi connectivity index (χ2v) is 9.82. The molecule has 174 valence electrons. The van der Waals surface area contributed by atoms with Gasteiger partial charge in [0.15, 0.2) is 11.5 Å². The van der Waals surface area contributed by atoms with Gasteiger partial charge < -0.3 is 30.3 Å². The third-order valence-electron chi connectivity index (χ3n) is 6.03. The van der Waals surface area contributed by atoms with Crippen molar-refractivity contribution in [1.29, 1.82) is 0 Å². The van der Waals surface area contributed by atoms with Crippen LogP contribution < -0.4 is 25.4 Å². The highest BCUT2D eigenvalue weighted by molar-refractivity contribution is 6.10. The second kappa shape index (κ2) is 8.17. The minimum Gasteiger partial charge on any atom is -0.486 e. The summed E-state index contributed by atoms with van der Waals surface area (Å²) < 4.78 is 11.2. The quantitative estimate of drug-likeness (QED) is 0.594. The molecule has 2 aromatic rings. The molecule has 1 saturated heterocycles. The highest BCUT2D eigenvalue weighted by Gasteiger charge is 2.45. The summed E-state index contributed by atoms with van der Waals surface area (Å²) in [7, 11) is 0. The van der Waals surface area contributed by atoms with Crippen LogP contribution in [0.3, 0.4) is 0 Å². The van der Waals surface area contributed by atoms with E-state index in [2.05, 4.69) is 42.8 Å². The zero-order chi connectivity index (χ0) is 23.1. The maximum absolute atomic E-state index is 13.3. The van der Waals surface area contributed by atoms with E-state index >= 15 is 0 Å². The number of likely N-dealkylation sites (tertiary alicyclic amines) is 1. The molecule has 33 heavy (non-hydrogen) atoms. The molecule has 2 aromatic carbocycles. The fraction of sp³-hybridized carbons (Fsp3) is 0.440. The van der Waals surface area contributed by atoms with E-state index in [1.165, 1.54) is 0 Å². The smallest absolute Gasteiger partial charge is 0.321 e. The lowest BCUT2D eigenvalue weighted by Crippen LogP contribution is -2.63. The van der Waals surface area contributed by atoms with Gasteiger partial charge in [0.25, 0.3) is 0 Å². The molecule has 3 N–H and O–H groups in total. The fourth-order valence-electron chi connectivity index (χ4n) is 4.58. The summed E-state index contributed by atoms with van der Waals surface area (Å²) in [5.74, 6) is 2.24. The van der Waals surface area contributed by atoms with E-state index in [1.807, 2.05) is 41.3 Å². The number of hydrogen-bond donors (Lipinski definition) is 3. The summed E-state index contributed by atoms with van der Waals surface area (Å²) in [6, 6.07) is 13.5. The third kappa shape index (κ3) is 4.42. The van der Waals surface area contributed by atoms with E-state index in [4.69, 9.17) is 14.5 Å². The van der Waals surface area contributed by atoms with E-state index in [-0.39, 0.29) is 11.6 Å². The van der Waals surface area contributed by atoms with Gasteiger partial charge in [-0.05, 0) is 57.9 Å². The molecule has 5 rings (SSSR count). The predicted octanol–water partition coefficient (Wildman–Crippen LogP) is 4.56. The summed E-state index contributed by atoms with van der Waals surface area (Å²) in [5, 5.41) is 10.3. The van der Waals surface area contributed by atoms with Gasteiger partial charge in [-0.15, -0.1) is 0 Å². The lowest BCUT2D eigenvalue weighted by molar-refractivity contribution is 0.171. The second-order valence-electron chi connectivity index (χ2n) is 9.82. The number of carbonyl (C=O) groups excluding carboxylic acids is 1. The van der Waals surface area contributed by atoms with E-state index in [0.717, 1.165) is 30.1 Å². The number of para-hydroxylation sites is 2. The van der Waals surface area contributed by atoms with Crippen molar-refractivity contribution in [3.8, 4) is 11.5 Å². The van der Waals surface area contributed by atoms with Crippen molar-refractivity contribution in [1.82, 2.24) is 4.90 Å². The number of carbonyl (C=O) groups is 1. The molecule has 1 spiro atoms. The number of nitrogens with zero attached hydrogens (tertiary/aromatic N) is 2. The average Bonchev–Trinajstić information content (AvgIpc) is 2.79. The van der Waals surface area contributed by atoms with Gasteiger partial charge >= 0.3 is 6.03 Å². The topological polar surface area (TPSA) is 87.2 Å². The number of benzene rings is 2. The van der Waals surface area contributed by atoms with Gasteiger partial charge in [0.05, 0.1) is 23.5 Å². The van der Waals surface area contributed by atoms with Crippen LogP contribution in [-0.2, 0) is 0 Å². The summed E-state index contributed by atoms with van der Waals surface area (Å²) in [4.78, 5) is 20.1. The fourth-order valence-corrected chi connectivity index (χ4v) is 4.58. The van der Waals surface area contributed by atoms with Crippen LogP contribution in [0.1, 0.15) is 33.6 Å². The largest absolute Gasteiger partial charge is 0.486 e. The minimum atomic E-state index is -0.468. The first-order chi connectivity index (χ1) is 15.8. The number of rotatable bonds is 1. The number of nitrogens with one attached hydrogen (secondary N) is 3. The maximum atomic E-state index is 13.3. The number of aliphatic imine (C=N–C) groups is 1. The van der Waals surface area contributed by atoms with E-state index in [0.29, 0.717) is 43.5 Å². The Morgan fingerprint density at radius 2 is 1.85 bits per heavy atom. The zero-order valence-electron chi connectivity index (χ0n) is 19.4. The Morgan fingerprint density at radius 3 is 2.64 bits per heavy atom. The zero-order valence-corrected chi connectivity index (χ0v) is 19.4.